The van der Waals surface area contributed by atoms with Gasteiger partial charge >= 0.3 is 5.97 Å². The molecule has 1 saturated heterocycles. The summed E-state index contributed by atoms with van der Waals surface area (Å²) >= 11 is 0. The van der Waals surface area contributed by atoms with E-state index in [1.807, 2.05) is 13.8 Å². The monoisotopic (exact) mass is 325 g/mol. The SMILES string of the molecule is CC1(C)OCC(COCCC(=O)Oc2ccc([N+](=O)[O-])cc2)O1. The molecule has 23 heavy (non-hydrogen) atoms. The molecule has 0 aromatic heterocycles. The molecule has 126 valence electrons. The summed E-state index contributed by atoms with van der Waals surface area (Å²) < 4.78 is 21.4. The maximum atomic E-state index is 11.6. The van der Waals surface area contributed by atoms with Crippen molar-refractivity contribution >= 4 is 11.7 Å². The predicted octanol–water partition coefficient (Wildman–Crippen LogP) is 2.06. The molecule has 0 bridgehead atoms. The van der Waals surface area contributed by atoms with E-state index < -0.39 is 16.7 Å². The van der Waals surface area contributed by atoms with Crippen molar-refractivity contribution in [3.8, 4) is 5.75 Å². The molecule has 1 aromatic rings. The first kappa shape index (κ1) is 17.3. The molecule has 1 aliphatic rings. The van der Waals surface area contributed by atoms with Crippen molar-refractivity contribution in [2.45, 2.75) is 32.2 Å². The van der Waals surface area contributed by atoms with Gasteiger partial charge in [0.2, 0.25) is 0 Å². The van der Waals surface area contributed by atoms with Crippen LogP contribution in [0.15, 0.2) is 24.3 Å². The quantitative estimate of drug-likeness (QED) is 0.249. The number of esters is 1. The average molecular weight is 325 g/mol. The van der Waals surface area contributed by atoms with Crippen LogP contribution in [0, 0.1) is 10.1 Å². The summed E-state index contributed by atoms with van der Waals surface area (Å²) in [7, 11) is 0. The molecule has 1 heterocycles. The van der Waals surface area contributed by atoms with E-state index in [0.717, 1.165) is 0 Å². The number of carbonyl (C=O) groups is 1. The Hall–Kier alpha value is -2.03. The number of nitro benzene ring substituents is 1. The highest BCUT2D eigenvalue weighted by molar-refractivity contribution is 5.72. The first-order valence-electron chi connectivity index (χ1n) is 7.20. The molecule has 0 radical (unpaired) electrons. The van der Waals surface area contributed by atoms with Gasteiger partial charge in [-0.05, 0) is 26.0 Å². The molecule has 0 aliphatic carbocycles. The van der Waals surface area contributed by atoms with Crippen molar-refractivity contribution in [2.75, 3.05) is 19.8 Å². The third-order valence-corrected chi connectivity index (χ3v) is 3.10. The van der Waals surface area contributed by atoms with Crippen molar-refractivity contribution in [2.24, 2.45) is 0 Å². The molecule has 0 saturated carbocycles. The third-order valence-electron chi connectivity index (χ3n) is 3.10. The van der Waals surface area contributed by atoms with Crippen LogP contribution in [0.5, 0.6) is 5.75 Å². The zero-order valence-corrected chi connectivity index (χ0v) is 13.0. The van der Waals surface area contributed by atoms with E-state index in [0.29, 0.717) is 13.2 Å². The zero-order chi connectivity index (χ0) is 16.9. The minimum atomic E-state index is -0.594. The minimum absolute atomic E-state index is 0.0603. The molecule has 0 amide bonds. The lowest BCUT2D eigenvalue weighted by molar-refractivity contribution is -0.384. The smallest absolute Gasteiger partial charge is 0.313 e. The van der Waals surface area contributed by atoms with Crippen LogP contribution in [-0.4, -0.2) is 42.6 Å². The number of nitrogens with zero attached hydrogens (tertiary/aromatic N) is 1. The fourth-order valence-corrected chi connectivity index (χ4v) is 2.03. The number of hydrogen-bond donors (Lipinski definition) is 0. The Labute approximate surface area is 133 Å². The van der Waals surface area contributed by atoms with Gasteiger partial charge in [-0.25, -0.2) is 0 Å². The highest BCUT2D eigenvalue weighted by Gasteiger charge is 2.32. The van der Waals surface area contributed by atoms with Crippen LogP contribution in [0.1, 0.15) is 20.3 Å². The van der Waals surface area contributed by atoms with E-state index in [1.165, 1.54) is 24.3 Å². The second-order valence-electron chi connectivity index (χ2n) is 5.50. The summed E-state index contributed by atoms with van der Waals surface area (Å²) in [5, 5.41) is 10.5. The van der Waals surface area contributed by atoms with Crippen molar-refractivity contribution in [3.05, 3.63) is 34.4 Å². The number of rotatable bonds is 7. The molecule has 8 nitrogen and oxygen atoms in total. The first-order valence-corrected chi connectivity index (χ1v) is 7.20. The lowest BCUT2D eigenvalue weighted by atomic mass is 10.3. The van der Waals surface area contributed by atoms with E-state index in [1.54, 1.807) is 0 Å². The number of carbonyl (C=O) groups excluding carboxylic acids is 1. The van der Waals surface area contributed by atoms with Gasteiger partial charge in [0.1, 0.15) is 11.9 Å². The Morgan fingerprint density at radius 3 is 2.65 bits per heavy atom. The number of benzene rings is 1. The van der Waals surface area contributed by atoms with Gasteiger partial charge in [0.15, 0.2) is 5.79 Å². The van der Waals surface area contributed by atoms with Gasteiger partial charge in [0.05, 0.1) is 31.2 Å². The van der Waals surface area contributed by atoms with E-state index in [9.17, 15) is 14.9 Å². The highest BCUT2D eigenvalue weighted by atomic mass is 16.7. The average Bonchev–Trinajstić information content (AvgIpc) is 2.83. The normalized spacial score (nSPS) is 19.5. The second-order valence-corrected chi connectivity index (χ2v) is 5.50. The molecule has 1 atom stereocenters. The standard InChI is InChI=1S/C15H19NO7/c1-15(2)21-10-13(23-15)9-20-8-7-14(17)22-12-5-3-11(4-6-12)16(18)19/h3-6,13H,7-10H2,1-2H3. The summed E-state index contributed by atoms with van der Waals surface area (Å²) in [6.45, 7) is 4.66. The molecule has 8 heteroatoms. The Balaban J connectivity index is 1.64. The first-order chi connectivity index (χ1) is 10.9. The molecule has 2 rings (SSSR count). The maximum Gasteiger partial charge on any atom is 0.313 e. The van der Waals surface area contributed by atoms with Crippen LogP contribution >= 0.6 is 0 Å². The lowest BCUT2D eigenvalue weighted by Crippen LogP contribution is -2.24. The minimum Gasteiger partial charge on any atom is -0.426 e. The van der Waals surface area contributed by atoms with Crippen LogP contribution in [-0.2, 0) is 19.0 Å². The largest absolute Gasteiger partial charge is 0.426 e. The highest BCUT2D eigenvalue weighted by Crippen LogP contribution is 2.22. The molecule has 0 N–H and O–H groups in total. The fourth-order valence-electron chi connectivity index (χ4n) is 2.03. The molecular weight excluding hydrogens is 306 g/mol. The van der Waals surface area contributed by atoms with Crippen LogP contribution < -0.4 is 4.74 Å². The number of non-ortho nitro benzene ring substituents is 1. The van der Waals surface area contributed by atoms with Gasteiger partial charge in [-0.2, -0.15) is 0 Å². The van der Waals surface area contributed by atoms with Crippen LogP contribution in [0.25, 0.3) is 0 Å². The number of nitro groups is 1. The van der Waals surface area contributed by atoms with Crippen molar-refractivity contribution in [1.82, 2.24) is 0 Å². The summed E-state index contributed by atoms with van der Waals surface area (Å²) in [4.78, 5) is 21.6. The Morgan fingerprint density at radius 2 is 2.09 bits per heavy atom. The van der Waals surface area contributed by atoms with Gasteiger partial charge < -0.3 is 18.9 Å². The Morgan fingerprint density at radius 1 is 1.39 bits per heavy atom. The third kappa shape index (κ3) is 5.59. The van der Waals surface area contributed by atoms with Gasteiger partial charge in [-0.1, -0.05) is 0 Å². The number of hydrogen-bond acceptors (Lipinski definition) is 7. The Kier molecular flexibility index (Phi) is 5.64. The summed E-state index contributed by atoms with van der Waals surface area (Å²) in [5.74, 6) is -0.805. The maximum absolute atomic E-state index is 11.6. The van der Waals surface area contributed by atoms with Crippen LogP contribution in [0.3, 0.4) is 0 Å². The topological polar surface area (TPSA) is 97.1 Å². The van der Waals surface area contributed by atoms with E-state index in [-0.39, 0.29) is 30.6 Å². The van der Waals surface area contributed by atoms with Gasteiger partial charge in [0.25, 0.3) is 5.69 Å². The van der Waals surface area contributed by atoms with Crippen LogP contribution in [0.2, 0.25) is 0 Å². The summed E-state index contributed by atoms with van der Waals surface area (Å²) in [6, 6.07) is 5.31. The van der Waals surface area contributed by atoms with Gasteiger partial charge in [-0.3, -0.25) is 14.9 Å². The van der Waals surface area contributed by atoms with E-state index in [4.69, 9.17) is 18.9 Å². The molecule has 1 aromatic carbocycles. The molecule has 0 spiro atoms. The second kappa shape index (κ2) is 7.49. The molecule has 1 aliphatic heterocycles. The number of ether oxygens (including phenoxy) is 4. The lowest BCUT2D eigenvalue weighted by Gasteiger charge is -2.16. The molecular formula is C15H19NO7. The molecule has 1 fully saturated rings. The molecule has 1 unspecified atom stereocenters. The van der Waals surface area contributed by atoms with Crippen molar-refractivity contribution in [3.63, 3.8) is 0 Å². The Bertz CT molecular complexity index is 555. The summed E-state index contributed by atoms with van der Waals surface area (Å²) in [5.41, 5.74) is -0.0603. The van der Waals surface area contributed by atoms with Gasteiger partial charge in [0, 0.05) is 12.1 Å². The van der Waals surface area contributed by atoms with E-state index in [2.05, 4.69) is 0 Å². The van der Waals surface area contributed by atoms with Gasteiger partial charge in [-0.15, -0.1) is 0 Å². The predicted molar refractivity (Wildman–Crippen MR) is 79.1 cm³/mol. The van der Waals surface area contributed by atoms with Crippen LogP contribution in [0.4, 0.5) is 5.69 Å². The zero-order valence-electron chi connectivity index (χ0n) is 13.0. The van der Waals surface area contributed by atoms with Crippen molar-refractivity contribution < 1.29 is 28.7 Å². The fraction of sp³-hybridized carbons (Fsp3) is 0.533. The van der Waals surface area contributed by atoms with Crippen molar-refractivity contribution in [1.29, 1.82) is 0 Å². The van der Waals surface area contributed by atoms with E-state index >= 15 is 0 Å². The summed E-state index contributed by atoms with van der Waals surface area (Å²) in [6.07, 6.45) is -0.0655.